The number of rotatable bonds is 5. The Bertz CT molecular complexity index is 1150. The second-order valence-corrected chi connectivity index (χ2v) is 8.79. The van der Waals surface area contributed by atoms with E-state index in [1.807, 2.05) is 13.0 Å². The molecule has 1 unspecified atom stereocenters. The molecule has 2 aromatic carbocycles. The molecule has 0 saturated carbocycles. The van der Waals surface area contributed by atoms with E-state index in [1.54, 1.807) is 12.1 Å². The molecule has 1 aromatic heterocycles. The summed E-state index contributed by atoms with van der Waals surface area (Å²) in [5, 5.41) is 2.90. The predicted molar refractivity (Wildman–Crippen MR) is 102 cm³/mol. The van der Waals surface area contributed by atoms with E-state index in [0.29, 0.717) is 17.3 Å². The van der Waals surface area contributed by atoms with Crippen LogP contribution in [0.15, 0.2) is 42.6 Å². The molecule has 3 aromatic rings. The zero-order valence-corrected chi connectivity index (χ0v) is 15.9. The lowest BCUT2D eigenvalue weighted by Gasteiger charge is -2.11. The molecule has 0 bridgehead atoms. The maximum Gasteiger partial charge on any atom is 0.227 e. The minimum absolute atomic E-state index is 0.0137. The van der Waals surface area contributed by atoms with E-state index >= 15 is 0 Å². The molecule has 0 amide bonds. The van der Waals surface area contributed by atoms with E-state index in [2.05, 4.69) is 15.3 Å². The average Bonchev–Trinajstić information content (AvgIpc) is 2.55. The summed E-state index contributed by atoms with van der Waals surface area (Å²) >= 11 is 0. The fourth-order valence-electron chi connectivity index (χ4n) is 2.76. The van der Waals surface area contributed by atoms with E-state index in [4.69, 9.17) is 4.78 Å². The van der Waals surface area contributed by atoms with Crippen molar-refractivity contribution >= 4 is 21.4 Å². The fraction of sp³-hybridized carbons (Fsp3) is 0.158. The third-order valence-corrected chi connectivity index (χ3v) is 4.65. The summed E-state index contributed by atoms with van der Waals surface area (Å²) in [6, 6.07) is 8.05. The van der Waals surface area contributed by atoms with Gasteiger partial charge in [0.2, 0.25) is 5.95 Å². The summed E-state index contributed by atoms with van der Waals surface area (Å²) in [5.74, 6) is -2.46. The van der Waals surface area contributed by atoms with E-state index in [1.165, 1.54) is 6.26 Å². The third kappa shape index (κ3) is 4.86. The number of hydrogen-bond donors (Lipinski definition) is 2. The number of halogens is 3. The number of anilines is 2. The van der Waals surface area contributed by atoms with Gasteiger partial charge in [-0.25, -0.2) is 27.3 Å². The van der Waals surface area contributed by atoms with Gasteiger partial charge in [0, 0.05) is 33.3 Å². The standard InChI is InChI=1S/C19H17F3N4OS/c1-11-5-12(10-28(2,23)27)7-14(6-11)25-19-24-9-17(22)18(26-19)15-4-3-13(20)8-16(15)21/h3-9,23H,10H2,1-2H3,(H,24,25,26). The first kappa shape index (κ1) is 19.8. The second kappa shape index (κ2) is 7.59. The van der Waals surface area contributed by atoms with Crippen LogP contribution in [-0.2, 0) is 15.5 Å². The van der Waals surface area contributed by atoms with E-state index < -0.39 is 27.2 Å². The van der Waals surface area contributed by atoms with Gasteiger partial charge in [0.15, 0.2) is 5.82 Å². The smallest absolute Gasteiger partial charge is 0.227 e. The number of nitrogens with one attached hydrogen (secondary N) is 2. The van der Waals surface area contributed by atoms with Crippen LogP contribution >= 0.6 is 0 Å². The topological polar surface area (TPSA) is 78.7 Å². The van der Waals surface area contributed by atoms with Gasteiger partial charge in [0.25, 0.3) is 0 Å². The molecule has 28 heavy (non-hydrogen) atoms. The number of benzene rings is 2. The monoisotopic (exact) mass is 406 g/mol. The summed E-state index contributed by atoms with van der Waals surface area (Å²) in [6.45, 7) is 1.83. The summed E-state index contributed by atoms with van der Waals surface area (Å²) < 4.78 is 60.6. The van der Waals surface area contributed by atoms with Gasteiger partial charge < -0.3 is 5.32 Å². The summed E-state index contributed by atoms with van der Waals surface area (Å²) in [7, 11) is -2.72. The van der Waals surface area contributed by atoms with Crippen LogP contribution < -0.4 is 5.32 Å². The van der Waals surface area contributed by atoms with E-state index in [9.17, 15) is 17.4 Å². The van der Waals surface area contributed by atoms with Crippen molar-refractivity contribution in [3.05, 3.63) is 71.2 Å². The van der Waals surface area contributed by atoms with Crippen molar-refractivity contribution in [3.8, 4) is 11.3 Å². The van der Waals surface area contributed by atoms with Crippen LogP contribution in [0.25, 0.3) is 11.3 Å². The zero-order chi connectivity index (χ0) is 20.5. The Labute approximate surface area is 160 Å². The highest BCUT2D eigenvalue weighted by Crippen LogP contribution is 2.26. The number of aryl methyl sites for hydroxylation is 1. The molecule has 0 saturated heterocycles. The molecule has 0 aliphatic rings. The number of aromatic nitrogens is 2. The number of nitrogens with zero attached hydrogens (tertiary/aromatic N) is 2. The molecule has 0 spiro atoms. The second-order valence-electron chi connectivity index (χ2n) is 6.50. The molecule has 0 radical (unpaired) electrons. The molecule has 0 fully saturated rings. The molecule has 9 heteroatoms. The van der Waals surface area contributed by atoms with Gasteiger partial charge in [-0.05, 0) is 42.3 Å². The maximum absolute atomic E-state index is 14.1. The SMILES string of the molecule is Cc1cc(CS(C)(=N)=O)cc(Nc2ncc(F)c(-c3ccc(F)cc3F)n2)c1. The lowest BCUT2D eigenvalue weighted by Crippen LogP contribution is -2.03. The number of hydrogen-bond acceptors (Lipinski definition) is 5. The lowest BCUT2D eigenvalue weighted by molar-refractivity contribution is 0.580. The third-order valence-electron chi connectivity index (χ3n) is 3.77. The Balaban J connectivity index is 1.96. The normalized spacial score (nSPS) is 13.2. The minimum Gasteiger partial charge on any atom is -0.324 e. The van der Waals surface area contributed by atoms with Crippen LogP contribution in [0.5, 0.6) is 0 Å². The van der Waals surface area contributed by atoms with Gasteiger partial charge >= 0.3 is 0 Å². The first-order valence-electron chi connectivity index (χ1n) is 8.18. The van der Waals surface area contributed by atoms with Crippen LogP contribution in [0.1, 0.15) is 11.1 Å². The molecule has 1 heterocycles. The Morgan fingerprint density at radius 3 is 2.54 bits per heavy atom. The summed E-state index contributed by atoms with van der Waals surface area (Å²) in [4.78, 5) is 7.86. The molecule has 1 atom stereocenters. The van der Waals surface area contributed by atoms with Gasteiger partial charge in [-0.3, -0.25) is 4.78 Å². The summed E-state index contributed by atoms with van der Waals surface area (Å²) in [6.07, 6.45) is 2.25. The van der Waals surface area contributed by atoms with E-state index in [0.717, 1.165) is 23.9 Å². The molecular formula is C19H17F3N4OS. The average molecular weight is 406 g/mol. The van der Waals surface area contributed by atoms with Gasteiger partial charge in [0.1, 0.15) is 17.3 Å². The molecule has 0 aliphatic carbocycles. The Hall–Kier alpha value is -2.94. The molecule has 2 N–H and O–H groups in total. The van der Waals surface area contributed by atoms with Crippen LogP contribution in [0, 0.1) is 29.2 Å². The first-order chi connectivity index (χ1) is 13.1. The van der Waals surface area contributed by atoms with Crippen LogP contribution in [-0.4, -0.2) is 20.4 Å². The van der Waals surface area contributed by atoms with Crippen LogP contribution in [0.3, 0.4) is 0 Å². The molecular weight excluding hydrogens is 389 g/mol. The Morgan fingerprint density at radius 2 is 1.86 bits per heavy atom. The van der Waals surface area contributed by atoms with Gasteiger partial charge in [0.05, 0.1) is 11.9 Å². The van der Waals surface area contributed by atoms with Crippen molar-refractivity contribution in [3.63, 3.8) is 0 Å². The van der Waals surface area contributed by atoms with Crippen molar-refractivity contribution < 1.29 is 17.4 Å². The van der Waals surface area contributed by atoms with Gasteiger partial charge in [-0.1, -0.05) is 6.07 Å². The van der Waals surface area contributed by atoms with Crippen molar-refractivity contribution in [2.45, 2.75) is 12.7 Å². The quantitative estimate of drug-likeness (QED) is 0.639. The largest absolute Gasteiger partial charge is 0.324 e. The molecule has 3 rings (SSSR count). The molecule has 146 valence electrons. The fourth-order valence-corrected chi connectivity index (χ4v) is 3.57. The van der Waals surface area contributed by atoms with Crippen molar-refractivity contribution in [1.82, 2.24) is 9.97 Å². The maximum atomic E-state index is 14.1. The zero-order valence-electron chi connectivity index (χ0n) is 15.1. The lowest BCUT2D eigenvalue weighted by atomic mass is 10.1. The predicted octanol–water partition coefficient (Wildman–Crippen LogP) is 4.79. The van der Waals surface area contributed by atoms with Crippen molar-refractivity contribution in [2.75, 3.05) is 11.6 Å². The highest BCUT2D eigenvalue weighted by molar-refractivity contribution is 7.90. The van der Waals surface area contributed by atoms with Gasteiger partial charge in [-0.2, -0.15) is 0 Å². The highest BCUT2D eigenvalue weighted by Gasteiger charge is 2.15. The first-order valence-corrected chi connectivity index (χ1v) is 10.3. The summed E-state index contributed by atoms with van der Waals surface area (Å²) in [5.41, 5.74) is 1.61. The van der Waals surface area contributed by atoms with E-state index in [-0.39, 0.29) is 23.0 Å². The molecule has 0 aliphatic heterocycles. The Morgan fingerprint density at radius 1 is 1.11 bits per heavy atom. The van der Waals surface area contributed by atoms with Crippen LogP contribution in [0.2, 0.25) is 0 Å². The van der Waals surface area contributed by atoms with Crippen molar-refractivity contribution in [1.29, 1.82) is 4.78 Å². The molecule has 5 nitrogen and oxygen atoms in total. The van der Waals surface area contributed by atoms with Crippen LogP contribution in [0.4, 0.5) is 24.8 Å². The minimum atomic E-state index is -2.72. The highest BCUT2D eigenvalue weighted by atomic mass is 32.2. The Kier molecular flexibility index (Phi) is 5.37. The van der Waals surface area contributed by atoms with Gasteiger partial charge in [-0.15, -0.1) is 0 Å². The van der Waals surface area contributed by atoms with Crippen molar-refractivity contribution in [2.24, 2.45) is 0 Å².